The van der Waals surface area contributed by atoms with Crippen LogP contribution in [0.4, 0.5) is 0 Å². The minimum Gasteiger partial charge on any atom is -0.318 e. The third-order valence-electron chi connectivity index (χ3n) is 3.47. The Morgan fingerprint density at radius 2 is 2.22 bits per heavy atom. The summed E-state index contributed by atoms with van der Waals surface area (Å²) in [6, 6.07) is 1.90. The molecule has 1 fully saturated rings. The van der Waals surface area contributed by atoms with Gasteiger partial charge >= 0.3 is 0 Å². The molecule has 1 aliphatic rings. The Kier molecular flexibility index (Phi) is 4.11. The van der Waals surface area contributed by atoms with Gasteiger partial charge in [0.15, 0.2) is 0 Å². The summed E-state index contributed by atoms with van der Waals surface area (Å²) >= 11 is 1.38. The normalized spacial score (nSPS) is 21.6. The molecule has 0 aromatic carbocycles. The molecule has 2 heterocycles. The van der Waals surface area contributed by atoms with Crippen LogP contribution < -0.4 is 5.32 Å². The van der Waals surface area contributed by atoms with Crippen LogP contribution in [0.25, 0.3) is 0 Å². The lowest BCUT2D eigenvalue weighted by atomic mass is 10.2. The van der Waals surface area contributed by atoms with Crippen LogP contribution in [-0.4, -0.2) is 38.9 Å². The number of aryl methyl sites for hydroxylation is 2. The van der Waals surface area contributed by atoms with Crippen molar-refractivity contribution in [3.8, 4) is 0 Å². The van der Waals surface area contributed by atoms with Crippen LogP contribution in [0.3, 0.4) is 0 Å². The molecule has 1 aromatic heterocycles. The van der Waals surface area contributed by atoms with Gasteiger partial charge in [-0.05, 0) is 45.4 Å². The topological polar surface area (TPSA) is 49.4 Å². The average molecular weight is 288 g/mol. The van der Waals surface area contributed by atoms with Crippen LogP contribution in [0.15, 0.2) is 10.3 Å². The van der Waals surface area contributed by atoms with Crippen molar-refractivity contribution in [1.29, 1.82) is 0 Å². The minimum atomic E-state index is -3.30. The summed E-state index contributed by atoms with van der Waals surface area (Å²) in [6.45, 7) is 5.29. The Labute approximate surface area is 113 Å². The maximum atomic E-state index is 12.6. The third kappa shape index (κ3) is 2.47. The van der Waals surface area contributed by atoms with Crippen molar-refractivity contribution in [2.75, 3.05) is 20.1 Å². The number of hydrogen-bond donors (Lipinski definition) is 1. The molecular formula is C12H20N2O2S2. The molecule has 0 aliphatic carbocycles. The van der Waals surface area contributed by atoms with E-state index in [0.717, 1.165) is 29.8 Å². The SMILES string of the molecule is CNCC1CCCN1S(=O)(=O)c1cc(C)c(C)s1. The Balaban J connectivity index is 2.30. The lowest BCUT2D eigenvalue weighted by molar-refractivity contribution is 0.380. The standard InChI is InChI=1S/C12H20N2O2S2/c1-9-7-12(17-10(9)2)18(15,16)14-6-4-5-11(14)8-13-3/h7,11,13H,4-6,8H2,1-3H3. The molecule has 0 saturated carbocycles. The number of likely N-dealkylation sites (N-methyl/N-ethyl adjacent to an activating group) is 1. The largest absolute Gasteiger partial charge is 0.318 e. The summed E-state index contributed by atoms with van der Waals surface area (Å²) in [5, 5.41) is 3.08. The van der Waals surface area contributed by atoms with Crippen molar-refractivity contribution in [3.63, 3.8) is 0 Å². The van der Waals surface area contributed by atoms with Crippen LogP contribution in [0, 0.1) is 13.8 Å². The summed E-state index contributed by atoms with van der Waals surface area (Å²) in [4.78, 5) is 1.08. The predicted molar refractivity (Wildman–Crippen MR) is 74.6 cm³/mol. The predicted octanol–water partition coefficient (Wildman–Crippen LogP) is 1.74. The number of thiophene rings is 1. The van der Waals surface area contributed by atoms with Crippen molar-refractivity contribution >= 4 is 21.4 Å². The van der Waals surface area contributed by atoms with E-state index in [2.05, 4.69) is 5.32 Å². The van der Waals surface area contributed by atoms with Gasteiger partial charge in [-0.15, -0.1) is 11.3 Å². The van der Waals surface area contributed by atoms with Gasteiger partial charge < -0.3 is 5.32 Å². The first-order valence-electron chi connectivity index (χ1n) is 6.20. The highest BCUT2D eigenvalue weighted by atomic mass is 32.2. The fraction of sp³-hybridized carbons (Fsp3) is 0.667. The van der Waals surface area contributed by atoms with Crippen molar-refractivity contribution in [2.24, 2.45) is 0 Å². The van der Waals surface area contributed by atoms with Gasteiger partial charge in [-0.3, -0.25) is 0 Å². The van der Waals surface area contributed by atoms with Gasteiger partial charge in [0.1, 0.15) is 4.21 Å². The Morgan fingerprint density at radius 3 is 2.78 bits per heavy atom. The molecule has 4 nitrogen and oxygen atoms in total. The highest BCUT2D eigenvalue weighted by Crippen LogP contribution is 2.31. The van der Waals surface area contributed by atoms with Crippen LogP contribution in [-0.2, 0) is 10.0 Å². The van der Waals surface area contributed by atoms with Crippen molar-refractivity contribution in [1.82, 2.24) is 9.62 Å². The van der Waals surface area contributed by atoms with Gasteiger partial charge in [-0.2, -0.15) is 4.31 Å². The molecule has 1 aromatic rings. The van der Waals surface area contributed by atoms with E-state index < -0.39 is 10.0 Å². The quantitative estimate of drug-likeness (QED) is 0.918. The molecule has 1 aliphatic heterocycles. The van der Waals surface area contributed by atoms with Crippen LogP contribution in [0.2, 0.25) is 0 Å². The molecule has 0 spiro atoms. The zero-order valence-electron chi connectivity index (χ0n) is 11.1. The third-order valence-corrected chi connectivity index (χ3v) is 7.02. The average Bonchev–Trinajstić information content (AvgIpc) is 2.88. The zero-order chi connectivity index (χ0) is 13.3. The van der Waals surface area contributed by atoms with Crippen molar-refractivity contribution in [3.05, 3.63) is 16.5 Å². The number of hydrogen-bond acceptors (Lipinski definition) is 4. The summed E-state index contributed by atoms with van der Waals surface area (Å²) in [5.74, 6) is 0. The van der Waals surface area contributed by atoms with Gasteiger partial charge in [0.25, 0.3) is 10.0 Å². The fourth-order valence-electron chi connectivity index (χ4n) is 2.35. The molecular weight excluding hydrogens is 268 g/mol. The van der Waals surface area contributed by atoms with E-state index in [1.165, 1.54) is 11.3 Å². The molecule has 1 saturated heterocycles. The Morgan fingerprint density at radius 1 is 1.50 bits per heavy atom. The lowest BCUT2D eigenvalue weighted by Crippen LogP contribution is -2.40. The molecule has 1 atom stereocenters. The molecule has 6 heteroatoms. The first kappa shape index (κ1) is 14.0. The van der Waals surface area contributed by atoms with Crippen molar-refractivity contribution < 1.29 is 8.42 Å². The van der Waals surface area contributed by atoms with E-state index in [0.29, 0.717) is 10.8 Å². The van der Waals surface area contributed by atoms with E-state index in [1.807, 2.05) is 20.9 Å². The van der Waals surface area contributed by atoms with E-state index in [1.54, 1.807) is 10.4 Å². The first-order chi connectivity index (χ1) is 8.46. The molecule has 0 amide bonds. The summed E-state index contributed by atoms with van der Waals surface area (Å²) < 4.78 is 27.3. The van der Waals surface area contributed by atoms with Crippen LogP contribution in [0.1, 0.15) is 23.3 Å². The second kappa shape index (κ2) is 5.28. The van der Waals surface area contributed by atoms with Crippen molar-refractivity contribution in [2.45, 2.75) is 36.9 Å². The second-order valence-corrected chi connectivity index (χ2v) is 8.15. The minimum absolute atomic E-state index is 0.0997. The number of rotatable bonds is 4. The van der Waals surface area contributed by atoms with E-state index in [-0.39, 0.29) is 6.04 Å². The van der Waals surface area contributed by atoms with Crippen LogP contribution >= 0.6 is 11.3 Å². The second-order valence-electron chi connectivity index (χ2n) is 4.77. The van der Waals surface area contributed by atoms with Gasteiger partial charge in [0.05, 0.1) is 0 Å². The molecule has 0 bridgehead atoms. The van der Waals surface area contributed by atoms with Gasteiger partial charge in [0.2, 0.25) is 0 Å². The number of nitrogens with one attached hydrogen (secondary N) is 1. The highest BCUT2D eigenvalue weighted by Gasteiger charge is 2.35. The van der Waals surface area contributed by atoms with E-state index in [4.69, 9.17) is 0 Å². The lowest BCUT2D eigenvalue weighted by Gasteiger charge is -2.23. The summed E-state index contributed by atoms with van der Waals surface area (Å²) in [6.07, 6.45) is 1.90. The van der Waals surface area contributed by atoms with E-state index in [9.17, 15) is 8.42 Å². The first-order valence-corrected chi connectivity index (χ1v) is 8.46. The van der Waals surface area contributed by atoms with Gasteiger partial charge in [0, 0.05) is 24.0 Å². The monoisotopic (exact) mass is 288 g/mol. The van der Waals surface area contributed by atoms with Gasteiger partial charge in [-0.25, -0.2) is 8.42 Å². The maximum absolute atomic E-state index is 12.6. The Bertz CT molecular complexity index is 503. The molecule has 0 radical (unpaired) electrons. The molecule has 2 rings (SSSR count). The summed E-state index contributed by atoms with van der Waals surface area (Å²) in [7, 11) is -1.44. The molecule has 102 valence electrons. The Hall–Kier alpha value is -0.430. The number of nitrogens with zero attached hydrogens (tertiary/aromatic N) is 1. The van der Waals surface area contributed by atoms with Crippen LogP contribution in [0.5, 0.6) is 0 Å². The molecule has 1 N–H and O–H groups in total. The zero-order valence-corrected chi connectivity index (χ0v) is 12.7. The fourth-order valence-corrected chi connectivity index (χ4v) is 5.69. The maximum Gasteiger partial charge on any atom is 0.252 e. The highest BCUT2D eigenvalue weighted by molar-refractivity contribution is 7.91. The number of sulfonamides is 1. The smallest absolute Gasteiger partial charge is 0.252 e. The summed E-state index contributed by atoms with van der Waals surface area (Å²) in [5.41, 5.74) is 1.06. The van der Waals surface area contributed by atoms with Gasteiger partial charge in [-0.1, -0.05) is 0 Å². The van der Waals surface area contributed by atoms with E-state index >= 15 is 0 Å². The molecule has 1 unspecified atom stereocenters. The molecule has 18 heavy (non-hydrogen) atoms.